The summed E-state index contributed by atoms with van der Waals surface area (Å²) in [4.78, 5) is 36.2. The van der Waals surface area contributed by atoms with Gasteiger partial charge in [-0.05, 0) is 117 Å². The Bertz CT molecular complexity index is 1350. The lowest BCUT2D eigenvalue weighted by molar-refractivity contribution is -0.139. The Labute approximate surface area is 262 Å². The zero-order chi connectivity index (χ0) is 30.9. The van der Waals surface area contributed by atoms with Crippen molar-refractivity contribution in [2.24, 2.45) is 0 Å². The highest BCUT2D eigenvalue weighted by molar-refractivity contribution is 8.14. The summed E-state index contributed by atoms with van der Waals surface area (Å²) in [5.74, 6) is 1.87. The molecule has 0 spiro atoms. The van der Waals surface area contributed by atoms with Crippen LogP contribution < -0.4 is 9.47 Å². The van der Waals surface area contributed by atoms with E-state index in [9.17, 15) is 14.4 Å². The summed E-state index contributed by atoms with van der Waals surface area (Å²) in [5, 5.41) is -0.0705. The molecule has 6 nitrogen and oxygen atoms in total. The molecule has 0 unspecified atom stereocenters. The zero-order valence-corrected chi connectivity index (χ0v) is 26.2. The first kappa shape index (κ1) is 33.7. The van der Waals surface area contributed by atoms with Crippen LogP contribution in [0.3, 0.4) is 0 Å². The molecule has 3 aromatic carbocycles. The standard InChI is InChI=1S/C35H38O6S2/c1-4-33(36)42-25-9-24-40-31-18-12-29(13-19-31)35(38)43-32-20-14-28(15-21-32)27-10-16-30(17-11-27)39-22-7-5-6-8-23-41-34(37)26(2)3/h4,10-21H,1-2,5-9,22-25H2,3H3. The van der Waals surface area contributed by atoms with Crippen LogP contribution in [0.4, 0.5) is 0 Å². The van der Waals surface area contributed by atoms with Crippen molar-refractivity contribution in [3.63, 3.8) is 0 Å². The highest BCUT2D eigenvalue weighted by Gasteiger charge is 2.09. The van der Waals surface area contributed by atoms with E-state index in [1.165, 1.54) is 29.6 Å². The van der Waals surface area contributed by atoms with Crippen molar-refractivity contribution in [1.29, 1.82) is 0 Å². The Kier molecular flexibility index (Phi) is 14.7. The maximum absolute atomic E-state index is 12.8. The molecular weight excluding hydrogens is 581 g/mol. The first-order chi connectivity index (χ1) is 20.9. The largest absolute Gasteiger partial charge is 0.494 e. The molecular formula is C35H38O6S2. The van der Waals surface area contributed by atoms with E-state index in [0.29, 0.717) is 42.5 Å². The Balaban J connectivity index is 1.36. The monoisotopic (exact) mass is 618 g/mol. The molecule has 0 fully saturated rings. The van der Waals surface area contributed by atoms with Gasteiger partial charge in [0.05, 0.1) is 19.8 Å². The molecule has 0 saturated heterocycles. The van der Waals surface area contributed by atoms with Gasteiger partial charge in [0, 0.05) is 21.8 Å². The minimum absolute atomic E-state index is 0.0347. The average molecular weight is 619 g/mol. The Morgan fingerprint density at radius 2 is 1.26 bits per heavy atom. The number of hydrogen-bond acceptors (Lipinski definition) is 8. The molecule has 0 atom stereocenters. The zero-order valence-electron chi connectivity index (χ0n) is 24.5. The normalized spacial score (nSPS) is 10.5. The average Bonchev–Trinajstić information content (AvgIpc) is 3.02. The molecule has 0 amide bonds. The molecule has 3 aromatic rings. The lowest BCUT2D eigenvalue weighted by Crippen LogP contribution is -2.06. The number of carbonyl (C=O) groups is 3. The van der Waals surface area contributed by atoms with E-state index in [0.717, 1.165) is 53.9 Å². The van der Waals surface area contributed by atoms with Crippen molar-refractivity contribution in [3.8, 4) is 22.6 Å². The minimum atomic E-state index is -0.329. The predicted octanol–water partition coefficient (Wildman–Crippen LogP) is 8.56. The minimum Gasteiger partial charge on any atom is -0.494 e. The van der Waals surface area contributed by atoms with Crippen LogP contribution in [0.1, 0.15) is 49.4 Å². The summed E-state index contributed by atoms with van der Waals surface area (Å²) in [5.41, 5.74) is 3.16. The third-order valence-electron chi connectivity index (χ3n) is 6.20. The fraction of sp³-hybridized carbons (Fsp3) is 0.286. The van der Waals surface area contributed by atoms with Crippen molar-refractivity contribution < 1.29 is 28.6 Å². The first-order valence-electron chi connectivity index (χ1n) is 14.3. The van der Waals surface area contributed by atoms with Crippen molar-refractivity contribution in [2.45, 2.75) is 43.9 Å². The summed E-state index contributed by atoms with van der Waals surface area (Å²) >= 11 is 2.41. The second-order valence-electron chi connectivity index (χ2n) is 9.72. The lowest BCUT2D eigenvalue weighted by atomic mass is 10.1. The van der Waals surface area contributed by atoms with Gasteiger partial charge in [-0.3, -0.25) is 9.59 Å². The van der Waals surface area contributed by atoms with Crippen LogP contribution >= 0.6 is 23.5 Å². The number of esters is 1. The molecule has 0 radical (unpaired) electrons. The van der Waals surface area contributed by atoms with Crippen LogP contribution in [-0.2, 0) is 14.3 Å². The molecule has 0 aliphatic rings. The van der Waals surface area contributed by atoms with Crippen LogP contribution in [0.15, 0.2) is 102 Å². The van der Waals surface area contributed by atoms with Gasteiger partial charge >= 0.3 is 5.97 Å². The molecule has 8 heteroatoms. The van der Waals surface area contributed by atoms with Crippen molar-refractivity contribution in [3.05, 3.63) is 103 Å². The molecule has 0 aliphatic carbocycles. The van der Waals surface area contributed by atoms with Gasteiger partial charge in [0.15, 0.2) is 0 Å². The van der Waals surface area contributed by atoms with Gasteiger partial charge in [-0.1, -0.05) is 49.2 Å². The van der Waals surface area contributed by atoms with Gasteiger partial charge in [-0.2, -0.15) is 0 Å². The fourth-order valence-electron chi connectivity index (χ4n) is 3.83. The molecule has 0 bridgehead atoms. The van der Waals surface area contributed by atoms with E-state index in [1.54, 1.807) is 31.2 Å². The predicted molar refractivity (Wildman–Crippen MR) is 176 cm³/mol. The molecule has 3 rings (SSSR count). The van der Waals surface area contributed by atoms with Gasteiger partial charge in [0.2, 0.25) is 10.2 Å². The summed E-state index contributed by atoms with van der Waals surface area (Å²) in [6, 6.07) is 23.0. The molecule has 0 heterocycles. The Morgan fingerprint density at radius 3 is 1.84 bits per heavy atom. The highest BCUT2D eigenvalue weighted by Crippen LogP contribution is 2.28. The van der Waals surface area contributed by atoms with E-state index in [-0.39, 0.29) is 16.2 Å². The van der Waals surface area contributed by atoms with E-state index >= 15 is 0 Å². The highest BCUT2D eigenvalue weighted by atomic mass is 32.2. The second kappa shape index (κ2) is 18.7. The number of rotatable bonds is 18. The Morgan fingerprint density at radius 1 is 0.721 bits per heavy atom. The number of thioether (sulfide) groups is 2. The fourth-order valence-corrected chi connectivity index (χ4v) is 5.15. The summed E-state index contributed by atoms with van der Waals surface area (Å²) in [6.07, 6.45) is 5.82. The van der Waals surface area contributed by atoms with Crippen LogP contribution in [0.25, 0.3) is 11.1 Å². The third-order valence-corrected chi connectivity index (χ3v) is 8.07. The third kappa shape index (κ3) is 12.6. The molecule has 0 N–H and O–H groups in total. The van der Waals surface area contributed by atoms with E-state index in [1.807, 2.05) is 48.5 Å². The van der Waals surface area contributed by atoms with Crippen LogP contribution in [0, 0.1) is 0 Å². The van der Waals surface area contributed by atoms with Gasteiger partial charge in [0.1, 0.15) is 11.5 Å². The summed E-state index contributed by atoms with van der Waals surface area (Å²) in [6.45, 7) is 10.2. The molecule has 0 aromatic heterocycles. The lowest BCUT2D eigenvalue weighted by Gasteiger charge is -2.09. The van der Waals surface area contributed by atoms with E-state index < -0.39 is 0 Å². The van der Waals surface area contributed by atoms with Gasteiger partial charge < -0.3 is 14.2 Å². The van der Waals surface area contributed by atoms with Gasteiger partial charge in [0.25, 0.3) is 0 Å². The molecule has 0 aliphatic heterocycles. The van der Waals surface area contributed by atoms with Crippen molar-refractivity contribution in [1.82, 2.24) is 0 Å². The van der Waals surface area contributed by atoms with E-state index in [4.69, 9.17) is 14.2 Å². The van der Waals surface area contributed by atoms with Gasteiger partial charge in [-0.25, -0.2) is 4.79 Å². The number of ether oxygens (including phenoxy) is 3. The number of unbranched alkanes of at least 4 members (excludes halogenated alkanes) is 3. The van der Waals surface area contributed by atoms with E-state index in [2.05, 4.69) is 13.2 Å². The smallest absolute Gasteiger partial charge is 0.333 e. The maximum Gasteiger partial charge on any atom is 0.333 e. The second-order valence-corrected chi connectivity index (χ2v) is 11.9. The Hall–Kier alpha value is -3.75. The quantitative estimate of drug-likeness (QED) is 0.0607. The van der Waals surface area contributed by atoms with Gasteiger partial charge in [-0.15, -0.1) is 0 Å². The molecule has 0 saturated carbocycles. The maximum atomic E-state index is 12.8. The number of carbonyl (C=O) groups excluding carboxylic acids is 3. The molecule has 43 heavy (non-hydrogen) atoms. The summed E-state index contributed by atoms with van der Waals surface area (Å²) in [7, 11) is 0. The van der Waals surface area contributed by atoms with Crippen LogP contribution in [-0.4, -0.2) is 41.8 Å². The SMILES string of the molecule is C=CC(=O)SCCCOc1ccc(C(=O)Sc2ccc(-c3ccc(OCCCCCCOC(=O)C(=C)C)cc3)cc2)cc1. The first-order valence-corrected chi connectivity index (χ1v) is 16.1. The van der Waals surface area contributed by atoms with Crippen LogP contribution in [0.5, 0.6) is 11.5 Å². The number of benzene rings is 3. The van der Waals surface area contributed by atoms with Crippen molar-refractivity contribution in [2.75, 3.05) is 25.6 Å². The summed E-state index contributed by atoms with van der Waals surface area (Å²) < 4.78 is 16.7. The molecule has 226 valence electrons. The number of hydrogen-bond donors (Lipinski definition) is 0. The van der Waals surface area contributed by atoms with Crippen LogP contribution in [0.2, 0.25) is 0 Å². The topological polar surface area (TPSA) is 78.9 Å². The van der Waals surface area contributed by atoms with Crippen molar-refractivity contribution >= 4 is 39.7 Å².